The number of amides is 1. The van der Waals surface area contributed by atoms with Crippen LogP contribution in [0.2, 0.25) is 0 Å². The summed E-state index contributed by atoms with van der Waals surface area (Å²) in [6, 6.07) is 2.67. The van der Waals surface area contributed by atoms with Gasteiger partial charge in [-0.15, -0.1) is 11.3 Å². The first-order valence-electron chi connectivity index (χ1n) is 9.18. The quantitative estimate of drug-likeness (QED) is 0.654. The number of nitrogens with one attached hydrogen (secondary N) is 2. The molecule has 0 aliphatic heterocycles. The number of pyridine rings is 1. The Morgan fingerprint density at radius 3 is 2.69 bits per heavy atom. The number of rotatable bonds is 4. The number of carbonyl (C=O) groups is 1. The molecular weight excluding hydrogens is 395 g/mol. The van der Waals surface area contributed by atoms with Crippen molar-refractivity contribution in [1.29, 1.82) is 0 Å². The number of hydrogen-bond donors (Lipinski definition) is 2. The summed E-state index contributed by atoms with van der Waals surface area (Å²) in [6.07, 6.45) is 2.03. The van der Waals surface area contributed by atoms with Gasteiger partial charge >= 0.3 is 6.09 Å². The van der Waals surface area contributed by atoms with Crippen LogP contribution in [0.3, 0.4) is 0 Å². The third-order valence-electron chi connectivity index (χ3n) is 4.07. The molecule has 3 heterocycles. The lowest BCUT2D eigenvalue weighted by Crippen LogP contribution is -2.38. The summed E-state index contributed by atoms with van der Waals surface area (Å²) in [5.41, 5.74) is -0.187. The zero-order chi connectivity index (χ0) is 21.3. The number of aromatic amines is 1. The van der Waals surface area contributed by atoms with Gasteiger partial charge in [0, 0.05) is 16.6 Å². The molecule has 1 atom stereocenters. The summed E-state index contributed by atoms with van der Waals surface area (Å²) in [5, 5.41) is 2.77. The molecular formula is C20H23FN4O3S. The second kappa shape index (κ2) is 7.90. The monoisotopic (exact) mass is 418 g/mol. The summed E-state index contributed by atoms with van der Waals surface area (Å²) >= 11 is 1.16. The number of alkyl carbamates (subject to hydrolysis) is 1. The third kappa shape index (κ3) is 4.79. The second-order valence-electron chi connectivity index (χ2n) is 8.00. The molecule has 7 nitrogen and oxygen atoms in total. The lowest BCUT2D eigenvalue weighted by molar-refractivity contribution is 0.0486. The molecule has 3 aromatic heterocycles. The molecule has 0 saturated heterocycles. The van der Waals surface area contributed by atoms with E-state index < -0.39 is 23.6 Å². The molecule has 3 rings (SSSR count). The van der Waals surface area contributed by atoms with E-state index in [-0.39, 0.29) is 11.5 Å². The van der Waals surface area contributed by atoms with Crippen LogP contribution in [-0.4, -0.2) is 26.6 Å². The zero-order valence-corrected chi connectivity index (χ0v) is 17.7. The Balaban J connectivity index is 1.99. The predicted molar refractivity (Wildman–Crippen MR) is 110 cm³/mol. The van der Waals surface area contributed by atoms with Crippen molar-refractivity contribution in [1.82, 2.24) is 20.3 Å². The molecule has 0 aromatic carbocycles. The van der Waals surface area contributed by atoms with Gasteiger partial charge in [-0.3, -0.25) is 9.78 Å². The van der Waals surface area contributed by atoms with Gasteiger partial charge in [-0.25, -0.2) is 14.2 Å². The van der Waals surface area contributed by atoms with Gasteiger partial charge in [0.2, 0.25) is 0 Å². The lowest BCUT2D eigenvalue weighted by atomic mass is 10.0. The van der Waals surface area contributed by atoms with Crippen LogP contribution in [0.5, 0.6) is 0 Å². The van der Waals surface area contributed by atoms with E-state index in [9.17, 15) is 14.0 Å². The highest BCUT2D eigenvalue weighted by atomic mass is 32.1. The summed E-state index contributed by atoms with van der Waals surface area (Å²) in [6.45, 7) is 9.12. The summed E-state index contributed by atoms with van der Waals surface area (Å²) in [7, 11) is 0. The van der Waals surface area contributed by atoms with Gasteiger partial charge in [0.05, 0.1) is 17.8 Å². The maximum Gasteiger partial charge on any atom is 0.408 e. The van der Waals surface area contributed by atoms with Crippen molar-refractivity contribution in [3.05, 3.63) is 46.5 Å². The molecule has 3 aromatic rings. The molecule has 0 aliphatic carbocycles. The summed E-state index contributed by atoms with van der Waals surface area (Å²) < 4.78 is 19.8. The molecule has 9 heteroatoms. The van der Waals surface area contributed by atoms with Crippen molar-refractivity contribution in [3.8, 4) is 10.4 Å². The van der Waals surface area contributed by atoms with Crippen LogP contribution < -0.4 is 10.9 Å². The largest absolute Gasteiger partial charge is 0.444 e. The Hall–Kier alpha value is -2.81. The van der Waals surface area contributed by atoms with Crippen LogP contribution in [-0.2, 0) is 4.74 Å². The smallest absolute Gasteiger partial charge is 0.408 e. The van der Waals surface area contributed by atoms with Crippen LogP contribution >= 0.6 is 11.3 Å². The van der Waals surface area contributed by atoms with E-state index in [0.29, 0.717) is 26.5 Å². The van der Waals surface area contributed by atoms with Gasteiger partial charge in [-0.2, -0.15) is 0 Å². The Labute approximate surface area is 171 Å². The molecule has 29 heavy (non-hydrogen) atoms. The van der Waals surface area contributed by atoms with Gasteiger partial charge in [0.15, 0.2) is 0 Å². The van der Waals surface area contributed by atoms with E-state index in [1.807, 2.05) is 13.8 Å². The predicted octanol–water partition coefficient (Wildman–Crippen LogP) is 4.41. The van der Waals surface area contributed by atoms with Crippen molar-refractivity contribution in [2.45, 2.75) is 46.3 Å². The van der Waals surface area contributed by atoms with Gasteiger partial charge in [0.1, 0.15) is 21.9 Å². The number of ether oxygens (including phenoxy) is 1. The first-order chi connectivity index (χ1) is 13.5. The molecule has 154 valence electrons. The van der Waals surface area contributed by atoms with Gasteiger partial charge in [-0.05, 0) is 38.8 Å². The van der Waals surface area contributed by atoms with E-state index in [1.54, 1.807) is 32.9 Å². The van der Waals surface area contributed by atoms with Crippen molar-refractivity contribution in [2.24, 2.45) is 5.92 Å². The summed E-state index contributed by atoms with van der Waals surface area (Å²) in [5.74, 6) is -0.205. The maximum absolute atomic E-state index is 14.1. The number of carbonyl (C=O) groups excluding carboxylic acids is 1. The van der Waals surface area contributed by atoms with Crippen molar-refractivity contribution in [2.75, 3.05) is 0 Å². The molecule has 0 aliphatic rings. The Morgan fingerprint density at radius 2 is 2.07 bits per heavy atom. The number of thiophene rings is 1. The minimum atomic E-state index is -0.646. The van der Waals surface area contributed by atoms with E-state index in [1.165, 1.54) is 6.20 Å². The molecule has 0 radical (unpaired) electrons. The van der Waals surface area contributed by atoms with Gasteiger partial charge in [-0.1, -0.05) is 13.8 Å². The molecule has 0 unspecified atom stereocenters. The molecule has 0 saturated carbocycles. The minimum absolute atomic E-state index is 0.0566. The average molecular weight is 418 g/mol. The SMILES string of the molecule is CC(C)[C@@H](NC(=O)OC(C)(C)C)c1nc2cc(-c3ccncc3F)sc2c(=O)[nH]1. The highest BCUT2D eigenvalue weighted by molar-refractivity contribution is 7.22. The van der Waals surface area contributed by atoms with Crippen LogP contribution in [0.15, 0.2) is 29.3 Å². The van der Waals surface area contributed by atoms with E-state index in [0.717, 1.165) is 17.5 Å². The zero-order valence-electron chi connectivity index (χ0n) is 16.9. The van der Waals surface area contributed by atoms with Crippen LogP contribution in [0, 0.1) is 11.7 Å². The van der Waals surface area contributed by atoms with E-state index in [4.69, 9.17) is 4.74 Å². The number of halogens is 1. The van der Waals surface area contributed by atoms with E-state index in [2.05, 4.69) is 20.3 Å². The summed E-state index contributed by atoms with van der Waals surface area (Å²) in [4.78, 5) is 36.5. The van der Waals surface area contributed by atoms with Crippen LogP contribution in [0.25, 0.3) is 20.7 Å². The van der Waals surface area contributed by atoms with Crippen molar-refractivity contribution in [3.63, 3.8) is 0 Å². The molecule has 0 bridgehead atoms. The fourth-order valence-corrected chi connectivity index (χ4v) is 3.82. The molecule has 1 amide bonds. The van der Waals surface area contributed by atoms with Gasteiger partial charge < -0.3 is 15.0 Å². The Bertz CT molecular complexity index is 1100. The fourth-order valence-electron chi connectivity index (χ4n) is 2.80. The first-order valence-corrected chi connectivity index (χ1v) is 10.00. The number of aromatic nitrogens is 3. The minimum Gasteiger partial charge on any atom is -0.444 e. The number of hydrogen-bond acceptors (Lipinski definition) is 6. The topological polar surface area (TPSA) is 97.0 Å². The number of H-pyrrole nitrogens is 1. The highest BCUT2D eigenvalue weighted by Crippen LogP contribution is 2.32. The standard InChI is InChI=1S/C20H23FN4O3S/c1-10(2)15(24-19(27)28-20(3,4)5)17-23-13-8-14(29-16(13)18(26)25-17)11-6-7-22-9-12(11)21/h6-10,15H,1-5H3,(H,24,27)(H,23,25,26)/t15-/m1/s1. The van der Waals surface area contributed by atoms with Crippen LogP contribution in [0.4, 0.5) is 9.18 Å². The first kappa shape index (κ1) is 20.9. The highest BCUT2D eigenvalue weighted by Gasteiger charge is 2.25. The maximum atomic E-state index is 14.1. The lowest BCUT2D eigenvalue weighted by Gasteiger charge is -2.25. The van der Waals surface area contributed by atoms with Crippen LogP contribution in [0.1, 0.15) is 46.5 Å². The normalized spacial score (nSPS) is 12.9. The fraction of sp³-hybridized carbons (Fsp3) is 0.400. The number of fused-ring (bicyclic) bond motifs is 1. The second-order valence-corrected chi connectivity index (χ2v) is 9.05. The third-order valence-corrected chi connectivity index (χ3v) is 5.23. The van der Waals surface area contributed by atoms with Gasteiger partial charge in [0.25, 0.3) is 5.56 Å². The molecule has 0 fully saturated rings. The van der Waals surface area contributed by atoms with Crippen molar-refractivity contribution >= 4 is 27.6 Å². The average Bonchev–Trinajstić information content (AvgIpc) is 3.02. The molecule has 0 spiro atoms. The Kier molecular flexibility index (Phi) is 5.70. The van der Waals surface area contributed by atoms with E-state index >= 15 is 0 Å². The molecule has 2 N–H and O–H groups in total. The number of nitrogens with zero attached hydrogens (tertiary/aromatic N) is 2. The van der Waals surface area contributed by atoms with Crippen molar-refractivity contribution < 1.29 is 13.9 Å². The Morgan fingerprint density at radius 1 is 1.34 bits per heavy atom.